The Hall–Kier alpha value is -0.690. The second kappa shape index (κ2) is 5.97. The first-order valence-corrected chi connectivity index (χ1v) is 7.46. The zero-order valence-corrected chi connectivity index (χ0v) is 12.2. The lowest BCUT2D eigenvalue weighted by Crippen LogP contribution is -2.18. The number of aliphatic hydroxyl groups excluding tert-OH is 2. The fraction of sp³-hybridized carbons (Fsp3) is 0.417. The highest BCUT2D eigenvalue weighted by Crippen LogP contribution is 2.31. The molecule has 0 saturated carbocycles. The Morgan fingerprint density at radius 2 is 2.22 bits per heavy atom. The molecule has 0 aliphatic rings. The summed E-state index contributed by atoms with van der Waals surface area (Å²) in [7, 11) is 1.61. The fourth-order valence-electron chi connectivity index (χ4n) is 1.61. The summed E-state index contributed by atoms with van der Waals surface area (Å²) in [5, 5.41) is 20.9. The third-order valence-electron chi connectivity index (χ3n) is 2.63. The van der Waals surface area contributed by atoms with Crippen molar-refractivity contribution in [2.24, 2.45) is 0 Å². The lowest BCUT2D eigenvalue weighted by Gasteiger charge is -2.13. The number of nitrogens with zero attached hydrogens (tertiary/aromatic N) is 1. The molecule has 0 radical (unpaired) electrons. The summed E-state index contributed by atoms with van der Waals surface area (Å²) < 4.78 is 6.08. The predicted octanol–water partition coefficient (Wildman–Crippen LogP) is 2.48. The van der Waals surface area contributed by atoms with Crippen LogP contribution in [-0.4, -0.2) is 33.7 Å². The van der Waals surface area contributed by atoms with Crippen LogP contribution in [0.25, 0.3) is 10.2 Å². The molecule has 2 rings (SSSR count). The molecule has 6 heteroatoms. The first-order chi connectivity index (χ1) is 8.65. The summed E-state index contributed by atoms with van der Waals surface area (Å²) >= 11 is 4.61. The molecule has 2 atom stereocenters. The van der Waals surface area contributed by atoms with E-state index in [2.05, 4.69) is 20.9 Å². The van der Waals surface area contributed by atoms with E-state index in [9.17, 15) is 10.2 Å². The van der Waals surface area contributed by atoms with Gasteiger partial charge in [-0.3, -0.25) is 0 Å². The highest BCUT2D eigenvalue weighted by Gasteiger charge is 2.21. The van der Waals surface area contributed by atoms with Gasteiger partial charge in [-0.2, -0.15) is 0 Å². The maximum Gasteiger partial charge on any atom is 0.131 e. The molecule has 0 bridgehead atoms. The first kappa shape index (κ1) is 13.7. The molecule has 4 nitrogen and oxygen atoms in total. The van der Waals surface area contributed by atoms with Crippen LogP contribution in [0.3, 0.4) is 0 Å². The van der Waals surface area contributed by atoms with Gasteiger partial charge in [0.25, 0.3) is 0 Å². The Morgan fingerprint density at radius 3 is 2.89 bits per heavy atom. The molecular weight excluding hydrogens is 318 g/mol. The van der Waals surface area contributed by atoms with Gasteiger partial charge in [-0.25, -0.2) is 4.98 Å². The normalized spacial score (nSPS) is 14.7. The van der Waals surface area contributed by atoms with E-state index < -0.39 is 12.2 Å². The molecule has 0 aliphatic carbocycles. The minimum absolute atomic E-state index is 0.487. The van der Waals surface area contributed by atoms with E-state index in [0.29, 0.717) is 16.8 Å². The molecule has 2 aromatic rings. The molecule has 1 aromatic carbocycles. The molecule has 0 aliphatic heterocycles. The van der Waals surface area contributed by atoms with Gasteiger partial charge >= 0.3 is 0 Å². The second-order valence-electron chi connectivity index (χ2n) is 3.88. The summed E-state index contributed by atoms with van der Waals surface area (Å²) in [6.45, 7) is 0. The van der Waals surface area contributed by atoms with E-state index in [1.165, 1.54) is 11.3 Å². The topological polar surface area (TPSA) is 62.6 Å². The molecule has 2 N–H and O–H groups in total. The Bertz CT molecular complexity index is 531. The van der Waals surface area contributed by atoms with Crippen molar-refractivity contribution in [3.63, 3.8) is 0 Å². The van der Waals surface area contributed by atoms with Gasteiger partial charge in [0, 0.05) is 5.33 Å². The second-order valence-corrected chi connectivity index (χ2v) is 5.73. The van der Waals surface area contributed by atoms with Gasteiger partial charge < -0.3 is 14.9 Å². The van der Waals surface area contributed by atoms with E-state index in [4.69, 9.17) is 4.74 Å². The van der Waals surface area contributed by atoms with Crippen molar-refractivity contribution < 1.29 is 14.9 Å². The largest absolute Gasteiger partial charge is 0.497 e. The number of ether oxygens (including phenoxy) is 1. The van der Waals surface area contributed by atoms with Crippen LogP contribution in [-0.2, 0) is 0 Å². The molecule has 0 saturated heterocycles. The quantitative estimate of drug-likeness (QED) is 0.826. The smallest absolute Gasteiger partial charge is 0.131 e. The Balaban J connectivity index is 2.29. The molecule has 18 heavy (non-hydrogen) atoms. The van der Waals surface area contributed by atoms with E-state index in [1.807, 2.05) is 18.2 Å². The van der Waals surface area contributed by atoms with Gasteiger partial charge in [-0.05, 0) is 24.6 Å². The van der Waals surface area contributed by atoms with Crippen molar-refractivity contribution in [1.29, 1.82) is 0 Å². The van der Waals surface area contributed by atoms with Crippen LogP contribution in [0, 0.1) is 0 Å². The molecular formula is C12H14BrNO3S. The standard InChI is InChI=1S/C12H14BrNO3S/c1-17-7-2-3-8-10(6-7)18-12(14-8)11(16)9(15)4-5-13/h2-3,6,9,11,15-16H,4-5H2,1H3. The minimum Gasteiger partial charge on any atom is -0.497 e. The van der Waals surface area contributed by atoms with E-state index in [1.54, 1.807) is 7.11 Å². The number of hydrogen-bond acceptors (Lipinski definition) is 5. The average Bonchev–Trinajstić information content (AvgIpc) is 2.80. The summed E-state index contributed by atoms with van der Waals surface area (Å²) in [6, 6.07) is 5.55. The lowest BCUT2D eigenvalue weighted by atomic mass is 10.2. The number of benzene rings is 1. The van der Waals surface area contributed by atoms with Crippen LogP contribution < -0.4 is 4.74 Å². The zero-order chi connectivity index (χ0) is 13.1. The van der Waals surface area contributed by atoms with Crippen LogP contribution in [0.4, 0.5) is 0 Å². The van der Waals surface area contributed by atoms with Crippen molar-refractivity contribution >= 4 is 37.5 Å². The Morgan fingerprint density at radius 1 is 1.44 bits per heavy atom. The molecule has 98 valence electrons. The van der Waals surface area contributed by atoms with Crippen molar-refractivity contribution in [3.8, 4) is 5.75 Å². The average molecular weight is 332 g/mol. The van der Waals surface area contributed by atoms with Crippen LogP contribution in [0.15, 0.2) is 18.2 Å². The highest BCUT2D eigenvalue weighted by molar-refractivity contribution is 9.09. The van der Waals surface area contributed by atoms with Crippen molar-refractivity contribution in [1.82, 2.24) is 4.98 Å². The third kappa shape index (κ3) is 2.83. The van der Waals surface area contributed by atoms with Gasteiger partial charge in [0.2, 0.25) is 0 Å². The van der Waals surface area contributed by atoms with E-state index in [-0.39, 0.29) is 0 Å². The minimum atomic E-state index is -0.939. The summed E-state index contributed by atoms with van der Waals surface area (Å²) in [4.78, 5) is 4.33. The van der Waals surface area contributed by atoms with Crippen molar-refractivity contribution in [3.05, 3.63) is 23.2 Å². The summed E-state index contributed by atoms with van der Waals surface area (Å²) in [6.07, 6.45) is -1.25. The molecule has 1 heterocycles. The van der Waals surface area contributed by atoms with Gasteiger partial charge in [0.1, 0.15) is 16.9 Å². The van der Waals surface area contributed by atoms with Crippen LogP contribution in [0.2, 0.25) is 0 Å². The predicted molar refractivity (Wildman–Crippen MR) is 75.5 cm³/mol. The van der Waals surface area contributed by atoms with Crippen molar-refractivity contribution in [2.75, 3.05) is 12.4 Å². The van der Waals surface area contributed by atoms with Gasteiger partial charge in [0.15, 0.2) is 0 Å². The number of methoxy groups -OCH3 is 1. The number of aromatic nitrogens is 1. The number of alkyl halides is 1. The first-order valence-electron chi connectivity index (χ1n) is 5.52. The van der Waals surface area contributed by atoms with Gasteiger partial charge in [-0.15, -0.1) is 11.3 Å². The number of thiazole rings is 1. The number of aliphatic hydroxyl groups is 2. The maximum atomic E-state index is 9.99. The summed E-state index contributed by atoms with van der Waals surface area (Å²) in [5.41, 5.74) is 0.806. The van der Waals surface area contributed by atoms with Crippen LogP contribution in [0.5, 0.6) is 5.75 Å². The van der Waals surface area contributed by atoms with Gasteiger partial charge in [0.05, 0.1) is 23.4 Å². The van der Waals surface area contributed by atoms with E-state index >= 15 is 0 Å². The monoisotopic (exact) mass is 331 g/mol. The fourth-order valence-corrected chi connectivity index (χ4v) is 3.12. The zero-order valence-electron chi connectivity index (χ0n) is 9.84. The SMILES string of the molecule is COc1ccc2nc(C(O)C(O)CCBr)sc2c1. The molecule has 2 unspecified atom stereocenters. The molecule has 1 aromatic heterocycles. The number of hydrogen-bond donors (Lipinski definition) is 2. The Kier molecular flexibility index (Phi) is 4.55. The summed E-state index contributed by atoms with van der Waals surface area (Å²) in [5.74, 6) is 0.758. The van der Waals surface area contributed by atoms with E-state index in [0.717, 1.165) is 16.0 Å². The third-order valence-corrected chi connectivity index (χ3v) is 4.18. The van der Waals surface area contributed by atoms with Gasteiger partial charge in [-0.1, -0.05) is 15.9 Å². The maximum absolute atomic E-state index is 9.99. The highest BCUT2D eigenvalue weighted by atomic mass is 79.9. The number of halogens is 1. The molecule has 0 spiro atoms. The lowest BCUT2D eigenvalue weighted by molar-refractivity contribution is 0.0173. The molecule has 0 fully saturated rings. The molecule has 0 amide bonds. The number of rotatable bonds is 5. The van der Waals surface area contributed by atoms with Crippen LogP contribution in [0.1, 0.15) is 17.5 Å². The van der Waals surface area contributed by atoms with Crippen molar-refractivity contribution in [2.45, 2.75) is 18.6 Å². The Labute approximate surface area is 117 Å². The van der Waals surface area contributed by atoms with Crippen LogP contribution >= 0.6 is 27.3 Å². The number of fused-ring (bicyclic) bond motifs is 1.